The molecule has 0 aliphatic carbocycles. The largest absolute Gasteiger partial charge is 0.465 e. The number of carbonyl (C=O) groups is 2. The van der Waals surface area contributed by atoms with E-state index < -0.39 is 11.6 Å². The maximum absolute atomic E-state index is 11.7. The Hall–Kier alpha value is -2.04. The lowest BCUT2D eigenvalue weighted by molar-refractivity contribution is 0.0946. The lowest BCUT2D eigenvalue weighted by atomic mass is 9.98. The highest BCUT2D eigenvalue weighted by Crippen LogP contribution is 2.27. The van der Waals surface area contributed by atoms with E-state index in [1.807, 2.05) is 20.8 Å². The number of nitrogens with one attached hydrogen (secondary N) is 1. The Kier molecular flexibility index (Phi) is 3.22. The Balaban J connectivity index is 2.46. The highest BCUT2D eigenvalue weighted by molar-refractivity contribution is 5.98. The third kappa shape index (κ3) is 2.54. The second-order valence-electron chi connectivity index (χ2n) is 5.64. The first-order valence-corrected chi connectivity index (χ1v) is 6.25. The van der Waals surface area contributed by atoms with Crippen LogP contribution in [0.3, 0.4) is 0 Å². The van der Waals surface area contributed by atoms with Crippen molar-refractivity contribution in [2.24, 2.45) is 0 Å². The predicted molar refractivity (Wildman–Crippen MR) is 72.7 cm³/mol. The van der Waals surface area contributed by atoms with Crippen molar-refractivity contribution in [1.29, 1.82) is 0 Å². The Labute approximate surface area is 112 Å². The van der Waals surface area contributed by atoms with Gasteiger partial charge in [0.2, 0.25) is 0 Å². The standard InChI is InChI=1S/C14H18N2O3/c1-14(2,3)16(13(18)19)10-4-5-11-9(8-10)6-7-15-12(11)17/h4-5,8H,6-7H2,1-3H3,(H,15,17)(H,18,19). The predicted octanol–water partition coefficient (Wildman–Crippen LogP) is 2.26. The first kappa shape index (κ1) is 13.4. The Morgan fingerprint density at radius 1 is 1.37 bits per heavy atom. The fraction of sp³-hybridized carbons (Fsp3) is 0.429. The van der Waals surface area contributed by atoms with Gasteiger partial charge in [-0.3, -0.25) is 9.69 Å². The van der Waals surface area contributed by atoms with Gasteiger partial charge in [-0.25, -0.2) is 4.79 Å². The van der Waals surface area contributed by atoms with Gasteiger partial charge in [-0.1, -0.05) is 0 Å². The van der Waals surface area contributed by atoms with E-state index in [-0.39, 0.29) is 5.91 Å². The van der Waals surface area contributed by atoms with Crippen LogP contribution < -0.4 is 10.2 Å². The van der Waals surface area contributed by atoms with Crippen molar-refractivity contribution in [2.75, 3.05) is 11.4 Å². The van der Waals surface area contributed by atoms with Crippen LogP contribution in [0.25, 0.3) is 0 Å². The third-order valence-corrected chi connectivity index (χ3v) is 3.13. The number of benzene rings is 1. The first-order chi connectivity index (χ1) is 8.80. The summed E-state index contributed by atoms with van der Waals surface area (Å²) in [6, 6.07) is 5.18. The number of rotatable bonds is 1. The highest BCUT2D eigenvalue weighted by atomic mass is 16.4. The van der Waals surface area contributed by atoms with Crippen molar-refractivity contribution < 1.29 is 14.7 Å². The molecule has 19 heavy (non-hydrogen) atoms. The summed E-state index contributed by atoms with van der Waals surface area (Å²) in [7, 11) is 0. The molecule has 0 spiro atoms. The van der Waals surface area contributed by atoms with Gasteiger partial charge in [0.15, 0.2) is 0 Å². The molecular weight excluding hydrogens is 244 g/mol. The average molecular weight is 262 g/mol. The molecule has 1 aromatic rings. The molecule has 0 saturated heterocycles. The summed E-state index contributed by atoms with van der Waals surface area (Å²) in [6.07, 6.45) is -0.264. The van der Waals surface area contributed by atoms with Gasteiger partial charge in [0.1, 0.15) is 0 Å². The number of hydrogen-bond acceptors (Lipinski definition) is 2. The summed E-state index contributed by atoms with van der Waals surface area (Å²) in [6.45, 7) is 6.12. The van der Waals surface area contributed by atoms with Crippen LogP contribution in [0.2, 0.25) is 0 Å². The van der Waals surface area contributed by atoms with Gasteiger partial charge in [-0.2, -0.15) is 0 Å². The van der Waals surface area contributed by atoms with Crippen molar-refractivity contribution in [1.82, 2.24) is 5.32 Å². The number of nitrogens with zero attached hydrogens (tertiary/aromatic N) is 1. The zero-order valence-electron chi connectivity index (χ0n) is 11.4. The van der Waals surface area contributed by atoms with Crippen molar-refractivity contribution in [3.8, 4) is 0 Å². The van der Waals surface area contributed by atoms with Gasteiger partial charge < -0.3 is 10.4 Å². The summed E-state index contributed by atoms with van der Waals surface area (Å²) < 4.78 is 0. The lowest BCUT2D eigenvalue weighted by Gasteiger charge is -2.33. The van der Waals surface area contributed by atoms with Gasteiger partial charge in [-0.15, -0.1) is 0 Å². The number of fused-ring (bicyclic) bond motifs is 1. The summed E-state index contributed by atoms with van der Waals surface area (Å²) in [5, 5.41) is 12.1. The molecule has 1 heterocycles. The normalized spacial score (nSPS) is 14.6. The summed E-state index contributed by atoms with van der Waals surface area (Å²) in [5.41, 5.74) is 1.61. The topological polar surface area (TPSA) is 69.6 Å². The Bertz CT molecular complexity index is 532. The molecule has 2 rings (SSSR count). The van der Waals surface area contributed by atoms with Crippen LogP contribution in [0.5, 0.6) is 0 Å². The highest BCUT2D eigenvalue weighted by Gasteiger charge is 2.29. The van der Waals surface area contributed by atoms with Crippen molar-refractivity contribution in [2.45, 2.75) is 32.7 Å². The van der Waals surface area contributed by atoms with E-state index in [1.165, 1.54) is 4.90 Å². The van der Waals surface area contributed by atoms with E-state index >= 15 is 0 Å². The number of amides is 2. The first-order valence-electron chi connectivity index (χ1n) is 6.25. The van der Waals surface area contributed by atoms with Crippen LogP contribution in [0.15, 0.2) is 18.2 Å². The molecular formula is C14H18N2O3. The van der Waals surface area contributed by atoms with Gasteiger partial charge in [0.25, 0.3) is 5.91 Å². The molecule has 0 aromatic heterocycles. The molecule has 0 radical (unpaired) electrons. The molecule has 0 saturated carbocycles. The molecule has 102 valence electrons. The van der Waals surface area contributed by atoms with Crippen LogP contribution >= 0.6 is 0 Å². The zero-order chi connectivity index (χ0) is 14.2. The molecule has 2 amide bonds. The molecule has 1 aliphatic rings. The minimum Gasteiger partial charge on any atom is -0.465 e. The zero-order valence-corrected chi connectivity index (χ0v) is 11.4. The molecule has 5 heteroatoms. The van der Waals surface area contributed by atoms with E-state index in [0.717, 1.165) is 12.0 Å². The molecule has 1 aromatic carbocycles. The van der Waals surface area contributed by atoms with Crippen LogP contribution in [-0.4, -0.2) is 29.2 Å². The van der Waals surface area contributed by atoms with Crippen LogP contribution in [-0.2, 0) is 6.42 Å². The summed E-state index contributed by atoms with van der Waals surface area (Å²) >= 11 is 0. The quantitative estimate of drug-likeness (QED) is 0.815. The van der Waals surface area contributed by atoms with Gasteiger partial charge in [-0.05, 0) is 51.0 Å². The maximum atomic E-state index is 11.7. The summed E-state index contributed by atoms with van der Waals surface area (Å²) in [4.78, 5) is 24.4. The maximum Gasteiger partial charge on any atom is 0.412 e. The monoisotopic (exact) mass is 262 g/mol. The number of carboxylic acid groups (broad SMARTS) is 1. The second kappa shape index (κ2) is 4.57. The van der Waals surface area contributed by atoms with Crippen LogP contribution in [0.4, 0.5) is 10.5 Å². The SMILES string of the molecule is CC(C)(C)N(C(=O)O)c1ccc2c(c1)CCNC2=O. The summed E-state index contributed by atoms with van der Waals surface area (Å²) in [5.74, 6) is -0.0922. The Morgan fingerprint density at radius 2 is 2.05 bits per heavy atom. The van der Waals surface area contributed by atoms with Crippen LogP contribution in [0.1, 0.15) is 36.7 Å². The van der Waals surface area contributed by atoms with Gasteiger partial charge in [0.05, 0.1) is 0 Å². The molecule has 1 aliphatic heterocycles. The minimum atomic E-state index is -0.993. The van der Waals surface area contributed by atoms with Crippen LogP contribution in [0, 0.1) is 0 Å². The minimum absolute atomic E-state index is 0.0922. The van der Waals surface area contributed by atoms with Crippen molar-refractivity contribution in [3.05, 3.63) is 29.3 Å². The van der Waals surface area contributed by atoms with E-state index in [2.05, 4.69) is 5.32 Å². The molecule has 0 atom stereocenters. The average Bonchev–Trinajstić information content (AvgIpc) is 2.26. The number of anilines is 1. The van der Waals surface area contributed by atoms with E-state index in [9.17, 15) is 14.7 Å². The number of carbonyl (C=O) groups excluding carboxylic acids is 1. The fourth-order valence-corrected chi connectivity index (χ4v) is 2.34. The second-order valence-corrected chi connectivity index (χ2v) is 5.64. The van der Waals surface area contributed by atoms with E-state index in [1.54, 1.807) is 18.2 Å². The fourth-order valence-electron chi connectivity index (χ4n) is 2.34. The van der Waals surface area contributed by atoms with Crippen molar-refractivity contribution in [3.63, 3.8) is 0 Å². The molecule has 2 N–H and O–H groups in total. The van der Waals surface area contributed by atoms with E-state index in [4.69, 9.17) is 0 Å². The number of hydrogen-bond donors (Lipinski definition) is 2. The molecule has 0 bridgehead atoms. The van der Waals surface area contributed by atoms with Gasteiger partial charge in [0, 0.05) is 23.3 Å². The lowest BCUT2D eigenvalue weighted by Crippen LogP contribution is -2.45. The smallest absolute Gasteiger partial charge is 0.412 e. The van der Waals surface area contributed by atoms with E-state index in [0.29, 0.717) is 17.8 Å². The molecule has 0 fully saturated rings. The van der Waals surface area contributed by atoms with Crippen molar-refractivity contribution >= 4 is 17.7 Å². The molecule has 5 nitrogen and oxygen atoms in total. The van der Waals surface area contributed by atoms with Gasteiger partial charge >= 0.3 is 6.09 Å². The molecule has 0 unspecified atom stereocenters. The third-order valence-electron chi connectivity index (χ3n) is 3.13. The Morgan fingerprint density at radius 3 is 2.63 bits per heavy atom.